The van der Waals surface area contributed by atoms with Crippen LogP contribution in [-0.2, 0) is 41.2 Å². The molecule has 212 valence electrons. The quantitative estimate of drug-likeness (QED) is 0.0966. The predicted molar refractivity (Wildman–Crippen MR) is 113 cm³/mol. The molecule has 0 bridgehead atoms. The van der Waals surface area contributed by atoms with Gasteiger partial charge in [0.15, 0.2) is 12.5 Å². The van der Waals surface area contributed by atoms with Crippen LogP contribution in [-0.4, -0.2) is 90.7 Å². The maximum atomic E-state index is 12.8. The standard InChI is InChI=1S/C15H26N4O16P2/c1-5-8(21)10(23)12(25)14(30-5)32-37(28,34-17)35-36(27,33-16)29-4-6-9(22)11(24)13(31-6)19-3-2-7(20)18-15(19)26/h2-3,5-6,8-14,21-25H,4,16-17H2,1H3,(H,18,20,26)/t5?,6-,8?,9-,10?,11-,12?,13-,14?,36?,37?/m1/s1. The molecule has 22 heteroatoms. The number of hydrogen-bond acceptors (Lipinski definition) is 18. The van der Waals surface area contributed by atoms with Gasteiger partial charge in [0.2, 0.25) is 0 Å². The van der Waals surface area contributed by atoms with Crippen LogP contribution >= 0.6 is 15.6 Å². The molecular formula is C15H26N4O16P2. The number of phosphoric acid groups is 2. The van der Waals surface area contributed by atoms with Gasteiger partial charge < -0.3 is 35.0 Å². The minimum atomic E-state index is -5.20. The number of nitrogens with one attached hydrogen (secondary N) is 1. The Bertz CT molecular complexity index is 1150. The summed E-state index contributed by atoms with van der Waals surface area (Å²) < 4.78 is 59.2. The van der Waals surface area contributed by atoms with E-state index in [1.807, 2.05) is 4.98 Å². The topological polar surface area (TPSA) is 307 Å². The summed E-state index contributed by atoms with van der Waals surface area (Å²) in [6.45, 7) is 0.356. The number of H-pyrrole nitrogens is 1. The zero-order chi connectivity index (χ0) is 27.7. The van der Waals surface area contributed by atoms with Crippen molar-refractivity contribution in [3.8, 4) is 0 Å². The van der Waals surface area contributed by atoms with E-state index >= 15 is 0 Å². The van der Waals surface area contributed by atoms with Crippen molar-refractivity contribution >= 4 is 15.6 Å². The Morgan fingerprint density at radius 3 is 2.22 bits per heavy atom. The van der Waals surface area contributed by atoms with E-state index in [-0.39, 0.29) is 0 Å². The number of ether oxygens (including phenoxy) is 2. The molecule has 3 rings (SSSR count). The molecule has 0 saturated carbocycles. The summed E-state index contributed by atoms with van der Waals surface area (Å²) in [6.07, 6.45) is -14.0. The van der Waals surface area contributed by atoms with Gasteiger partial charge in [-0.1, -0.05) is 0 Å². The Balaban J connectivity index is 1.68. The van der Waals surface area contributed by atoms with E-state index in [4.69, 9.17) is 30.3 Å². The van der Waals surface area contributed by atoms with Crippen molar-refractivity contribution < 1.29 is 66.7 Å². The minimum Gasteiger partial charge on any atom is -0.388 e. The lowest BCUT2D eigenvalue weighted by atomic mass is 10.0. The van der Waals surface area contributed by atoms with E-state index in [1.165, 1.54) is 6.92 Å². The third-order valence-corrected chi connectivity index (χ3v) is 8.41. The summed E-state index contributed by atoms with van der Waals surface area (Å²) >= 11 is 0. The maximum absolute atomic E-state index is 12.8. The minimum absolute atomic E-state index is 0.729. The molecule has 0 spiro atoms. The molecule has 11 atom stereocenters. The molecule has 2 fully saturated rings. The van der Waals surface area contributed by atoms with Crippen molar-refractivity contribution in [1.82, 2.24) is 9.55 Å². The number of hydrogen-bond donors (Lipinski definition) is 8. The highest BCUT2D eigenvalue weighted by Crippen LogP contribution is 2.65. The van der Waals surface area contributed by atoms with E-state index in [2.05, 4.69) is 13.6 Å². The first-order valence-corrected chi connectivity index (χ1v) is 13.2. The molecule has 2 saturated heterocycles. The fraction of sp³-hybridized carbons (Fsp3) is 0.733. The monoisotopic (exact) mass is 580 g/mol. The first-order chi connectivity index (χ1) is 17.2. The van der Waals surface area contributed by atoms with Gasteiger partial charge in [0, 0.05) is 12.3 Å². The maximum Gasteiger partial charge on any atom is 0.502 e. The molecule has 10 N–H and O–H groups in total. The largest absolute Gasteiger partial charge is 0.502 e. The summed E-state index contributed by atoms with van der Waals surface area (Å²) in [5.74, 6) is 9.82. The number of aromatic nitrogens is 2. The lowest BCUT2D eigenvalue weighted by molar-refractivity contribution is -0.272. The second-order valence-electron chi connectivity index (χ2n) is 7.83. The molecule has 20 nitrogen and oxygen atoms in total. The van der Waals surface area contributed by atoms with Crippen molar-refractivity contribution in [1.29, 1.82) is 0 Å². The van der Waals surface area contributed by atoms with Crippen LogP contribution in [0.2, 0.25) is 0 Å². The normalized spacial score (nSPS) is 37.7. The van der Waals surface area contributed by atoms with Crippen molar-refractivity contribution in [2.75, 3.05) is 6.61 Å². The number of aliphatic hydroxyl groups excluding tert-OH is 5. The van der Waals surface area contributed by atoms with Crippen molar-refractivity contribution in [3.05, 3.63) is 33.1 Å². The van der Waals surface area contributed by atoms with E-state index in [1.54, 1.807) is 0 Å². The van der Waals surface area contributed by atoms with Crippen LogP contribution in [0.15, 0.2) is 21.9 Å². The molecule has 0 aliphatic carbocycles. The number of rotatable bonds is 10. The lowest BCUT2D eigenvalue weighted by Crippen LogP contribution is -2.57. The second kappa shape index (κ2) is 11.8. The van der Waals surface area contributed by atoms with Crippen LogP contribution in [0, 0.1) is 0 Å². The van der Waals surface area contributed by atoms with Crippen molar-refractivity contribution in [3.63, 3.8) is 0 Å². The van der Waals surface area contributed by atoms with E-state index in [0.717, 1.165) is 16.8 Å². The molecule has 0 amide bonds. The summed E-state index contributed by atoms with van der Waals surface area (Å²) in [5, 5.41) is 50.0. The van der Waals surface area contributed by atoms with Gasteiger partial charge in [-0.15, -0.1) is 0 Å². The van der Waals surface area contributed by atoms with Crippen LogP contribution in [0.25, 0.3) is 0 Å². The number of nitrogens with two attached hydrogens (primary N) is 2. The van der Waals surface area contributed by atoms with Crippen LogP contribution < -0.4 is 23.0 Å². The average Bonchev–Trinajstić information content (AvgIpc) is 3.13. The fourth-order valence-corrected chi connectivity index (χ4v) is 5.88. The molecule has 1 aromatic heterocycles. The molecule has 2 aliphatic rings. The SMILES string of the molecule is CC1OC(OP(=O)(ON)OP(=O)(ON)OC[C@H]2O[C@@H](n3ccc(=O)[nH]c3=O)[C@H](O)[C@@H]2O)C(O)C(O)C1O. The predicted octanol–water partition coefficient (Wildman–Crippen LogP) is -3.97. The molecule has 2 aliphatic heterocycles. The highest BCUT2D eigenvalue weighted by atomic mass is 31.3. The van der Waals surface area contributed by atoms with E-state index < -0.39 is 88.7 Å². The third kappa shape index (κ3) is 6.60. The summed E-state index contributed by atoms with van der Waals surface area (Å²) in [5.41, 5.74) is -1.70. The molecule has 3 heterocycles. The summed E-state index contributed by atoms with van der Waals surface area (Å²) in [7, 11) is -10.3. The second-order valence-corrected chi connectivity index (χ2v) is 11.2. The van der Waals surface area contributed by atoms with Gasteiger partial charge >= 0.3 is 21.3 Å². The first kappa shape index (κ1) is 30.1. The Morgan fingerprint density at radius 1 is 0.973 bits per heavy atom. The molecule has 37 heavy (non-hydrogen) atoms. The number of aromatic amines is 1. The van der Waals surface area contributed by atoms with Gasteiger partial charge in [-0.3, -0.25) is 23.4 Å². The Kier molecular flexibility index (Phi) is 9.58. The van der Waals surface area contributed by atoms with Gasteiger partial charge in [0.25, 0.3) is 5.56 Å². The highest BCUT2D eigenvalue weighted by Gasteiger charge is 2.50. The van der Waals surface area contributed by atoms with Gasteiger partial charge in [0.1, 0.15) is 36.6 Å². The number of aliphatic hydroxyl groups is 5. The lowest BCUT2D eigenvalue weighted by Gasteiger charge is -2.39. The molecule has 7 unspecified atom stereocenters. The molecule has 0 radical (unpaired) electrons. The summed E-state index contributed by atoms with van der Waals surface area (Å²) in [6, 6.07) is 0.954. The Morgan fingerprint density at radius 2 is 1.62 bits per heavy atom. The van der Waals surface area contributed by atoms with Gasteiger partial charge in [-0.25, -0.2) is 35.0 Å². The van der Waals surface area contributed by atoms with Crippen LogP contribution in [0.1, 0.15) is 13.2 Å². The fourth-order valence-electron chi connectivity index (χ4n) is 3.38. The Labute approximate surface area is 206 Å². The van der Waals surface area contributed by atoms with Crippen LogP contribution in [0.3, 0.4) is 0 Å². The Hall–Kier alpha value is -1.42. The van der Waals surface area contributed by atoms with Gasteiger partial charge in [0.05, 0.1) is 12.7 Å². The molecule has 1 aromatic rings. The summed E-state index contributed by atoms with van der Waals surface area (Å²) in [4.78, 5) is 25.1. The third-order valence-electron chi connectivity index (χ3n) is 5.36. The smallest absolute Gasteiger partial charge is 0.388 e. The van der Waals surface area contributed by atoms with Crippen molar-refractivity contribution in [2.45, 2.75) is 62.2 Å². The van der Waals surface area contributed by atoms with Crippen molar-refractivity contribution in [2.24, 2.45) is 11.8 Å². The van der Waals surface area contributed by atoms with Gasteiger partial charge in [-0.2, -0.15) is 4.31 Å². The zero-order valence-corrected chi connectivity index (χ0v) is 20.6. The molecular weight excluding hydrogens is 554 g/mol. The van der Waals surface area contributed by atoms with E-state index in [9.17, 15) is 44.3 Å². The highest BCUT2D eigenvalue weighted by molar-refractivity contribution is 7.62. The molecule has 0 aromatic carbocycles. The van der Waals surface area contributed by atoms with E-state index in [0.29, 0.717) is 0 Å². The average molecular weight is 580 g/mol. The van der Waals surface area contributed by atoms with Gasteiger partial charge in [-0.05, 0) is 6.92 Å². The van der Waals surface area contributed by atoms with Crippen LogP contribution in [0.5, 0.6) is 0 Å². The first-order valence-electron chi connectivity index (χ1n) is 10.3. The van der Waals surface area contributed by atoms with Crippen LogP contribution in [0.4, 0.5) is 0 Å². The number of nitrogens with zero attached hydrogens (tertiary/aromatic N) is 1. The zero-order valence-electron chi connectivity index (χ0n) is 18.8.